The Bertz CT molecular complexity index is 4010. The highest BCUT2D eigenvalue weighted by molar-refractivity contribution is 6.29. The van der Waals surface area contributed by atoms with Crippen molar-refractivity contribution in [1.29, 1.82) is 0 Å². The van der Waals surface area contributed by atoms with E-state index in [1.165, 1.54) is 164 Å². The van der Waals surface area contributed by atoms with E-state index in [4.69, 9.17) is 9.15 Å². The second kappa shape index (κ2) is 22.2. The molecule has 0 spiro atoms. The number of ether oxygens (including phenoxy) is 1. The molecule has 9 aromatic rings. The van der Waals surface area contributed by atoms with E-state index >= 15 is 0 Å². The van der Waals surface area contributed by atoms with Gasteiger partial charge in [0.05, 0.1) is 22.8 Å². The summed E-state index contributed by atoms with van der Waals surface area (Å²) >= 11 is 0. The van der Waals surface area contributed by atoms with E-state index < -0.39 is 0 Å². The lowest BCUT2D eigenvalue weighted by Crippen LogP contribution is -2.23. The highest BCUT2D eigenvalue weighted by Crippen LogP contribution is 2.54. The molecule has 0 N–H and O–H groups in total. The molecule has 81 heavy (non-hydrogen) atoms. The van der Waals surface area contributed by atoms with E-state index in [1.54, 1.807) is 0 Å². The maximum atomic E-state index is 7.52. The molecule has 8 aromatic carbocycles. The highest BCUT2D eigenvalue weighted by atomic mass is 16.5. The van der Waals surface area contributed by atoms with Crippen LogP contribution in [0.3, 0.4) is 0 Å². The number of hydrogen-bond acceptors (Lipinski definition) is 4. The number of nitrogens with zero attached hydrogens (tertiary/aromatic N) is 2. The number of fused-ring (bicyclic) bond motifs is 6. The van der Waals surface area contributed by atoms with Crippen molar-refractivity contribution in [2.24, 2.45) is 11.8 Å². The molecule has 4 heteroatoms. The summed E-state index contributed by atoms with van der Waals surface area (Å²) in [6.07, 6.45) is 28.5. The Morgan fingerprint density at radius 2 is 1.17 bits per heavy atom. The van der Waals surface area contributed by atoms with Crippen molar-refractivity contribution in [3.8, 4) is 0 Å². The number of furan rings is 1. The lowest BCUT2D eigenvalue weighted by atomic mass is 9.78. The third-order valence-corrected chi connectivity index (χ3v) is 19.3. The Morgan fingerprint density at radius 1 is 0.568 bits per heavy atom. The van der Waals surface area contributed by atoms with Crippen molar-refractivity contribution in [3.63, 3.8) is 0 Å². The SMILES string of the molecule is CCCCC(CC)C1CC/C=C\C2=C(C1)OC1=C(N(c3ccccc3C)c3cc(C(C)C)c4ccc5c(N(c6ccccc6C)c6cccc7c6oc6c(C8CCCCCC8)cccc67)cc(C(C)C)c6ccc3c4c65)C=CC=C2C1. The Kier molecular flexibility index (Phi) is 14.5. The van der Waals surface area contributed by atoms with Gasteiger partial charge >= 0.3 is 0 Å². The van der Waals surface area contributed by atoms with Crippen LogP contribution in [0.5, 0.6) is 0 Å². The fourth-order valence-corrected chi connectivity index (χ4v) is 15.0. The molecule has 2 bridgehead atoms. The number of allylic oxidation sites excluding steroid dienone is 8. The zero-order valence-corrected chi connectivity index (χ0v) is 49.4. The molecule has 2 heterocycles. The molecular formula is C77H82N2O2. The van der Waals surface area contributed by atoms with Crippen LogP contribution < -0.4 is 9.80 Å². The number of aryl methyl sites for hydroxylation is 2. The number of rotatable bonds is 14. The van der Waals surface area contributed by atoms with Crippen LogP contribution in [-0.2, 0) is 4.74 Å². The molecular weight excluding hydrogens is 985 g/mol. The van der Waals surface area contributed by atoms with Gasteiger partial charge in [0.25, 0.3) is 0 Å². The van der Waals surface area contributed by atoms with Gasteiger partial charge in [-0.25, -0.2) is 0 Å². The van der Waals surface area contributed by atoms with Crippen molar-refractivity contribution >= 4 is 82.7 Å². The predicted molar refractivity (Wildman–Crippen MR) is 346 cm³/mol. The maximum absolute atomic E-state index is 7.52. The van der Waals surface area contributed by atoms with Crippen LogP contribution in [0.4, 0.5) is 28.4 Å². The molecule has 0 amide bonds. The smallest absolute Gasteiger partial charge is 0.159 e. The summed E-state index contributed by atoms with van der Waals surface area (Å²) in [7, 11) is 0. The molecule has 1 saturated carbocycles. The Balaban J connectivity index is 1.05. The van der Waals surface area contributed by atoms with E-state index in [0.717, 1.165) is 64.7 Å². The Labute approximate surface area is 481 Å². The summed E-state index contributed by atoms with van der Waals surface area (Å²) < 4.78 is 14.9. The first-order valence-electron chi connectivity index (χ1n) is 31.2. The van der Waals surface area contributed by atoms with E-state index in [0.29, 0.717) is 17.8 Å². The zero-order valence-electron chi connectivity index (χ0n) is 49.4. The Hall–Kier alpha value is -7.30. The Morgan fingerprint density at radius 3 is 1.81 bits per heavy atom. The molecule has 412 valence electrons. The summed E-state index contributed by atoms with van der Waals surface area (Å²) in [6.45, 7) is 18.8. The second-order valence-corrected chi connectivity index (χ2v) is 25.0. The van der Waals surface area contributed by atoms with Gasteiger partial charge in [-0.05, 0) is 160 Å². The van der Waals surface area contributed by atoms with Crippen LogP contribution in [-0.4, -0.2) is 0 Å². The average Bonchev–Trinajstić information content (AvgIpc) is 3.18. The van der Waals surface area contributed by atoms with Gasteiger partial charge in [0, 0.05) is 51.3 Å². The number of benzene rings is 8. The largest absolute Gasteiger partial charge is 0.463 e. The van der Waals surface area contributed by atoms with E-state index in [9.17, 15) is 0 Å². The maximum Gasteiger partial charge on any atom is 0.159 e. The third-order valence-electron chi connectivity index (χ3n) is 19.3. The van der Waals surface area contributed by atoms with Crippen LogP contribution in [0.1, 0.15) is 177 Å². The van der Waals surface area contributed by atoms with Crippen molar-refractivity contribution in [2.45, 2.75) is 163 Å². The molecule has 3 aliphatic carbocycles. The van der Waals surface area contributed by atoms with Gasteiger partial charge in [0.2, 0.25) is 0 Å². The number of unbranched alkanes of at least 4 members (excludes halogenated alkanes) is 1. The van der Waals surface area contributed by atoms with Gasteiger partial charge in [0.1, 0.15) is 17.1 Å². The molecule has 0 radical (unpaired) electrons. The zero-order chi connectivity index (χ0) is 55.5. The van der Waals surface area contributed by atoms with Crippen LogP contribution in [0.2, 0.25) is 0 Å². The molecule has 0 saturated heterocycles. The number of para-hydroxylation sites is 4. The lowest BCUT2D eigenvalue weighted by Gasteiger charge is -2.35. The van der Waals surface area contributed by atoms with E-state index in [2.05, 4.69) is 217 Å². The van der Waals surface area contributed by atoms with Crippen molar-refractivity contribution in [3.05, 3.63) is 208 Å². The molecule has 4 nitrogen and oxygen atoms in total. The second-order valence-electron chi connectivity index (χ2n) is 25.0. The van der Waals surface area contributed by atoms with Crippen LogP contribution in [0.25, 0.3) is 54.3 Å². The standard InChI is InChI=1S/C77H82N2O2/c1-9-11-27-52(10-2)54-30-18-19-32-56-55-31-22-38-68(73(45-55)80-72(56)44-54)78(66-36-20-16-25-50(66)7)70-46-64(48(3)4)58-41-43-63-71(47-65(49(5)6)59-40-42-62(70)74(58)75(59)63)79(67-37-21-17-26-51(67)8)69-39-24-35-61-60-34-23-33-57(76(60)81-77(61)69)53-28-14-12-13-15-29-53/h16-17,19-26,31-43,46-49,52-54H,9-15,18,27-30,44-45H2,1-8H3/b32-19-. The van der Waals surface area contributed by atoms with Gasteiger partial charge in [-0.15, -0.1) is 0 Å². The van der Waals surface area contributed by atoms with Gasteiger partial charge in [-0.1, -0.05) is 208 Å². The highest BCUT2D eigenvalue weighted by Gasteiger charge is 2.34. The molecule has 1 aromatic heterocycles. The quantitative estimate of drug-likeness (QED) is 0.0802. The normalized spacial score (nSPS) is 18.0. The average molecular weight is 1070 g/mol. The first kappa shape index (κ1) is 53.0. The fraction of sp³-hybridized carbons (Fsp3) is 0.351. The topological polar surface area (TPSA) is 28.9 Å². The first-order chi connectivity index (χ1) is 39.6. The van der Waals surface area contributed by atoms with Gasteiger partial charge in [-0.3, -0.25) is 0 Å². The molecule has 1 aliphatic heterocycles. The summed E-state index contributed by atoms with van der Waals surface area (Å²) in [5, 5.41) is 10.1. The number of anilines is 5. The van der Waals surface area contributed by atoms with Crippen molar-refractivity contribution in [2.75, 3.05) is 9.80 Å². The van der Waals surface area contributed by atoms with Gasteiger partial charge in [-0.2, -0.15) is 0 Å². The summed E-state index contributed by atoms with van der Waals surface area (Å²) in [5.74, 6) is 4.47. The fourth-order valence-electron chi connectivity index (χ4n) is 15.0. The lowest BCUT2D eigenvalue weighted by molar-refractivity contribution is 0.207. The molecule has 2 atom stereocenters. The summed E-state index contributed by atoms with van der Waals surface area (Å²) in [4.78, 5) is 5.12. The van der Waals surface area contributed by atoms with Gasteiger partial charge in [0.15, 0.2) is 5.58 Å². The minimum atomic E-state index is 0.248. The van der Waals surface area contributed by atoms with E-state index in [1.807, 2.05) is 0 Å². The summed E-state index contributed by atoms with van der Waals surface area (Å²) in [5.41, 5.74) is 18.0. The molecule has 2 unspecified atom stereocenters. The van der Waals surface area contributed by atoms with Crippen molar-refractivity contribution < 1.29 is 9.15 Å². The van der Waals surface area contributed by atoms with E-state index in [-0.39, 0.29) is 11.8 Å². The predicted octanol–water partition coefficient (Wildman–Crippen LogP) is 23.3. The molecule has 1 fully saturated rings. The molecule has 13 rings (SSSR count). The van der Waals surface area contributed by atoms with Crippen molar-refractivity contribution in [1.82, 2.24) is 0 Å². The number of hydrogen-bond donors (Lipinski definition) is 0. The monoisotopic (exact) mass is 1070 g/mol. The van der Waals surface area contributed by atoms with Gasteiger partial charge < -0.3 is 19.0 Å². The van der Waals surface area contributed by atoms with Crippen LogP contribution in [0, 0.1) is 25.7 Å². The van der Waals surface area contributed by atoms with Crippen LogP contribution >= 0.6 is 0 Å². The summed E-state index contributed by atoms with van der Waals surface area (Å²) in [6, 6.07) is 46.5. The van der Waals surface area contributed by atoms with Crippen LogP contribution in [0.15, 0.2) is 184 Å². The minimum absolute atomic E-state index is 0.248. The minimum Gasteiger partial charge on any atom is -0.463 e. The first-order valence-corrected chi connectivity index (χ1v) is 31.2. The molecule has 4 aliphatic rings. The third kappa shape index (κ3) is 9.39.